The van der Waals surface area contributed by atoms with Crippen molar-refractivity contribution in [2.24, 2.45) is 0 Å². The number of hydrogen-bond acceptors (Lipinski definition) is 5. The van der Waals surface area contributed by atoms with E-state index < -0.39 is 10.0 Å². The number of carbonyl (C=O) groups excluding carboxylic acids is 2. The molecule has 0 saturated heterocycles. The molecule has 0 radical (unpaired) electrons. The summed E-state index contributed by atoms with van der Waals surface area (Å²) in [5, 5.41) is 1.92. The van der Waals surface area contributed by atoms with Gasteiger partial charge in [0.1, 0.15) is 0 Å². The highest BCUT2D eigenvalue weighted by atomic mass is 35.5. The van der Waals surface area contributed by atoms with Gasteiger partial charge >= 0.3 is 0 Å². The molecule has 0 aliphatic rings. The summed E-state index contributed by atoms with van der Waals surface area (Å²) in [5.41, 5.74) is 0.749. The average Bonchev–Trinajstić information content (AvgIpc) is 2.66. The number of sulfonamides is 1. The zero-order chi connectivity index (χ0) is 20.3. The summed E-state index contributed by atoms with van der Waals surface area (Å²) in [6.07, 6.45) is 0. The minimum absolute atomic E-state index is 0.0556. The van der Waals surface area contributed by atoms with Crippen LogP contribution >= 0.6 is 23.4 Å². The van der Waals surface area contributed by atoms with E-state index >= 15 is 0 Å². The van der Waals surface area contributed by atoms with Gasteiger partial charge in [0.25, 0.3) is 10.0 Å². The molecule has 0 unspecified atom stereocenters. The Morgan fingerprint density at radius 2 is 1.75 bits per heavy atom. The first-order valence-corrected chi connectivity index (χ1v) is 11.1. The second kappa shape index (κ2) is 8.34. The molecule has 3 aromatic carbocycles. The van der Waals surface area contributed by atoms with Crippen molar-refractivity contribution in [2.75, 3.05) is 10.5 Å². The smallest absolute Gasteiger partial charge is 0.261 e. The Balaban J connectivity index is 1.79. The Labute approximate surface area is 172 Å². The molecule has 0 amide bonds. The highest BCUT2D eigenvalue weighted by Crippen LogP contribution is 2.26. The summed E-state index contributed by atoms with van der Waals surface area (Å²) >= 11 is 7.06. The van der Waals surface area contributed by atoms with Crippen LogP contribution in [0.3, 0.4) is 0 Å². The predicted octanol–water partition coefficient (Wildman–Crippen LogP) is 4.76. The lowest BCUT2D eigenvalue weighted by Gasteiger charge is -2.10. The Bertz CT molecular complexity index is 1160. The van der Waals surface area contributed by atoms with Gasteiger partial charge in [0.15, 0.2) is 10.9 Å². The number of hydrogen-bond donors (Lipinski definition) is 1. The SMILES string of the molecule is CC(=O)SCC(=O)c1ccc(NS(=O)(=O)c2ccc3c(Cl)cccc3c2)cc1. The van der Waals surface area contributed by atoms with Crippen molar-refractivity contribution in [1.29, 1.82) is 0 Å². The molecule has 0 spiro atoms. The maximum Gasteiger partial charge on any atom is 0.261 e. The fraction of sp³-hybridized carbons (Fsp3) is 0.100. The number of ketones is 1. The third-order valence-corrected chi connectivity index (χ3v) is 6.50. The van der Waals surface area contributed by atoms with E-state index in [1.807, 2.05) is 0 Å². The minimum atomic E-state index is -3.80. The van der Waals surface area contributed by atoms with Gasteiger partial charge < -0.3 is 0 Å². The van der Waals surface area contributed by atoms with Crippen LogP contribution in [0, 0.1) is 0 Å². The van der Waals surface area contributed by atoms with Crippen LogP contribution in [0.5, 0.6) is 0 Å². The molecule has 8 heteroatoms. The van der Waals surface area contributed by atoms with E-state index in [4.69, 9.17) is 11.6 Å². The molecule has 0 bridgehead atoms. The third-order valence-electron chi connectivity index (χ3n) is 3.97. The molecule has 0 heterocycles. The first-order chi connectivity index (χ1) is 13.3. The molecular weight excluding hydrogens is 418 g/mol. The molecule has 3 rings (SSSR count). The fourth-order valence-electron chi connectivity index (χ4n) is 2.58. The van der Waals surface area contributed by atoms with Crippen molar-refractivity contribution in [3.05, 3.63) is 71.2 Å². The lowest BCUT2D eigenvalue weighted by molar-refractivity contribution is -0.109. The van der Waals surface area contributed by atoms with Crippen molar-refractivity contribution in [3.63, 3.8) is 0 Å². The van der Waals surface area contributed by atoms with Crippen LogP contribution in [0.15, 0.2) is 65.6 Å². The third kappa shape index (κ3) is 4.73. The molecule has 0 atom stereocenters. The molecule has 28 heavy (non-hydrogen) atoms. The summed E-state index contributed by atoms with van der Waals surface area (Å²) in [6, 6.07) is 16.1. The highest BCUT2D eigenvalue weighted by molar-refractivity contribution is 8.14. The topological polar surface area (TPSA) is 80.3 Å². The van der Waals surface area contributed by atoms with Gasteiger partial charge in [0.2, 0.25) is 0 Å². The summed E-state index contributed by atoms with van der Waals surface area (Å²) in [6.45, 7) is 1.40. The number of thioether (sulfide) groups is 1. The van der Waals surface area contributed by atoms with Crippen LogP contribution in [-0.2, 0) is 14.8 Å². The Morgan fingerprint density at radius 1 is 1.04 bits per heavy atom. The molecule has 0 aliphatic heterocycles. The van der Waals surface area contributed by atoms with Gasteiger partial charge in [-0.2, -0.15) is 0 Å². The number of anilines is 1. The molecule has 0 aromatic heterocycles. The van der Waals surface area contributed by atoms with Gasteiger partial charge in [-0.25, -0.2) is 8.42 Å². The number of fused-ring (bicyclic) bond motifs is 1. The van der Waals surface area contributed by atoms with Gasteiger partial charge in [-0.1, -0.05) is 41.6 Å². The van der Waals surface area contributed by atoms with Crippen molar-refractivity contribution in [1.82, 2.24) is 0 Å². The monoisotopic (exact) mass is 433 g/mol. The number of carbonyl (C=O) groups is 2. The van der Waals surface area contributed by atoms with Gasteiger partial charge in [-0.05, 0) is 47.9 Å². The molecule has 0 fully saturated rings. The Hall–Kier alpha value is -2.35. The van der Waals surface area contributed by atoms with Crippen LogP contribution in [0.25, 0.3) is 10.8 Å². The quantitative estimate of drug-likeness (QED) is 0.567. The van der Waals surface area contributed by atoms with E-state index in [9.17, 15) is 18.0 Å². The van der Waals surface area contributed by atoms with E-state index in [2.05, 4.69) is 4.72 Å². The maximum atomic E-state index is 12.7. The lowest BCUT2D eigenvalue weighted by Crippen LogP contribution is -2.13. The summed E-state index contributed by atoms with van der Waals surface area (Å²) < 4.78 is 27.8. The summed E-state index contributed by atoms with van der Waals surface area (Å²) in [7, 11) is -3.80. The Morgan fingerprint density at radius 3 is 2.43 bits per heavy atom. The zero-order valence-corrected chi connectivity index (χ0v) is 17.2. The molecule has 5 nitrogen and oxygen atoms in total. The first kappa shape index (κ1) is 20.4. The molecule has 0 saturated carbocycles. The zero-order valence-electron chi connectivity index (χ0n) is 14.8. The van der Waals surface area contributed by atoms with Crippen molar-refractivity contribution in [2.45, 2.75) is 11.8 Å². The Kier molecular flexibility index (Phi) is 6.07. The fourth-order valence-corrected chi connectivity index (χ4v) is 4.42. The van der Waals surface area contributed by atoms with Crippen molar-refractivity contribution >= 4 is 60.7 Å². The highest BCUT2D eigenvalue weighted by Gasteiger charge is 2.16. The van der Waals surface area contributed by atoms with E-state index in [0.29, 0.717) is 16.3 Å². The van der Waals surface area contributed by atoms with Crippen molar-refractivity contribution < 1.29 is 18.0 Å². The maximum absolute atomic E-state index is 12.7. The average molecular weight is 434 g/mol. The van der Waals surface area contributed by atoms with Crippen LogP contribution in [0.2, 0.25) is 5.02 Å². The number of halogens is 1. The number of Topliss-reactive ketones (excluding diaryl/α,β-unsaturated/α-hetero) is 1. The van der Waals surface area contributed by atoms with E-state index in [-0.39, 0.29) is 21.5 Å². The van der Waals surface area contributed by atoms with Crippen LogP contribution < -0.4 is 4.72 Å². The van der Waals surface area contributed by atoms with Gasteiger partial charge in [-0.15, -0.1) is 0 Å². The molecular formula is C20H16ClNO4S2. The minimum Gasteiger partial charge on any atom is -0.293 e. The second-order valence-corrected chi connectivity index (χ2v) is 9.25. The normalized spacial score (nSPS) is 11.4. The summed E-state index contributed by atoms with van der Waals surface area (Å²) in [4.78, 5) is 23.1. The van der Waals surface area contributed by atoms with Gasteiger partial charge in [0, 0.05) is 28.6 Å². The number of benzene rings is 3. The van der Waals surface area contributed by atoms with E-state index in [1.54, 1.807) is 30.3 Å². The second-order valence-electron chi connectivity index (χ2n) is 6.01. The van der Waals surface area contributed by atoms with Crippen LogP contribution in [0.1, 0.15) is 17.3 Å². The van der Waals surface area contributed by atoms with E-state index in [0.717, 1.165) is 22.5 Å². The van der Waals surface area contributed by atoms with Gasteiger partial charge in [-0.3, -0.25) is 14.3 Å². The van der Waals surface area contributed by atoms with E-state index in [1.165, 1.54) is 37.3 Å². The lowest BCUT2D eigenvalue weighted by atomic mass is 10.1. The number of nitrogens with one attached hydrogen (secondary N) is 1. The molecule has 3 aromatic rings. The molecule has 1 N–H and O–H groups in total. The molecule has 144 valence electrons. The number of rotatable bonds is 6. The van der Waals surface area contributed by atoms with Gasteiger partial charge in [0.05, 0.1) is 10.6 Å². The largest absolute Gasteiger partial charge is 0.293 e. The van der Waals surface area contributed by atoms with Crippen molar-refractivity contribution in [3.8, 4) is 0 Å². The van der Waals surface area contributed by atoms with Crippen LogP contribution in [-0.4, -0.2) is 25.1 Å². The first-order valence-electron chi connectivity index (χ1n) is 8.24. The standard InChI is InChI=1S/C20H16ClNO4S2/c1-13(23)27-12-20(24)14-5-7-16(8-6-14)22-28(25,26)17-9-10-18-15(11-17)3-2-4-19(18)21/h2-11,22H,12H2,1H3. The predicted molar refractivity (Wildman–Crippen MR) is 114 cm³/mol. The summed E-state index contributed by atoms with van der Waals surface area (Å²) in [5.74, 6) is -0.138. The van der Waals surface area contributed by atoms with Crippen LogP contribution in [0.4, 0.5) is 5.69 Å². The molecule has 0 aliphatic carbocycles.